The molecule has 7 heteroatoms. The van der Waals surface area contributed by atoms with Crippen LogP contribution in [-0.2, 0) is 6.54 Å². The molecular weight excluding hydrogens is 456 g/mol. The Kier molecular flexibility index (Phi) is 6.33. The third kappa shape index (κ3) is 4.68. The van der Waals surface area contributed by atoms with Gasteiger partial charge in [0.15, 0.2) is 5.11 Å². The summed E-state index contributed by atoms with van der Waals surface area (Å²) in [6.07, 6.45) is 0. The van der Waals surface area contributed by atoms with Gasteiger partial charge in [-0.1, -0.05) is 65.3 Å². The molecule has 0 amide bonds. The zero-order valence-electron chi connectivity index (χ0n) is 19.9. The van der Waals surface area contributed by atoms with E-state index in [4.69, 9.17) is 26.5 Å². The average Bonchev–Trinajstić information content (AvgIpc) is 3.37. The maximum absolute atomic E-state index is 5.83. The number of nitrogens with zero attached hydrogens (tertiary/aromatic N) is 3. The summed E-state index contributed by atoms with van der Waals surface area (Å²) >= 11 is 5.82. The molecule has 1 N–H and O–H groups in total. The first-order valence-corrected chi connectivity index (χ1v) is 11.8. The summed E-state index contributed by atoms with van der Waals surface area (Å²) in [5.74, 6) is 1.76. The second kappa shape index (κ2) is 9.72. The van der Waals surface area contributed by atoms with Gasteiger partial charge >= 0.3 is 0 Å². The molecule has 6 nitrogen and oxygen atoms in total. The molecule has 0 fully saturated rings. The van der Waals surface area contributed by atoms with Gasteiger partial charge in [0.1, 0.15) is 5.75 Å². The lowest BCUT2D eigenvalue weighted by Crippen LogP contribution is -2.45. The molecule has 35 heavy (non-hydrogen) atoms. The quantitative estimate of drug-likeness (QED) is 0.343. The fraction of sp³-hybridized carbons (Fsp3) is 0.179. The lowest BCUT2D eigenvalue weighted by molar-refractivity contribution is 0.396. The third-order valence-corrected chi connectivity index (χ3v) is 6.53. The predicted molar refractivity (Wildman–Crippen MR) is 141 cm³/mol. The van der Waals surface area contributed by atoms with Gasteiger partial charge in [-0.15, -0.1) is 0 Å². The van der Waals surface area contributed by atoms with Crippen molar-refractivity contribution in [3.8, 4) is 17.1 Å². The Hall–Kier alpha value is -3.97. The highest BCUT2D eigenvalue weighted by atomic mass is 32.1. The first-order chi connectivity index (χ1) is 17.0. The first-order valence-electron chi connectivity index (χ1n) is 11.4. The number of thiocarbonyl (C=S) groups is 1. The van der Waals surface area contributed by atoms with E-state index in [9.17, 15) is 0 Å². The van der Waals surface area contributed by atoms with Crippen LogP contribution in [0.15, 0.2) is 89.1 Å². The summed E-state index contributed by atoms with van der Waals surface area (Å²) in [4.78, 5) is 6.87. The van der Waals surface area contributed by atoms with Crippen molar-refractivity contribution in [1.82, 2.24) is 20.4 Å². The molecule has 0 bridgehead atoms. The van der Waals surface area contributed by atoms with Crippen LogP contribution in [0.3, 0.4) is 0 Å². The van der Waals surface area contributed by atoms with Gasteiger partial charge in [0.2, 0.25) is 5.82 Å². The van der Waals surface area contributed by atoms with Crippen molar-refractivity contribution in [2.45, 2.75) is 26.4 Å². The van der Waals surface area contributed by atoms with Gasteiger partial charge in [-0.2, -0.15) is 4.98 Å². The highest BCUT2D eigenvalue weighted by Gasteiger charge is 2.34. The standard InChI is InChI=1S/C28H26N4O2S/c1-18-9-11-20(12-10-18)17-32-19(2)24(25(29-28(32)35)21-7-5-4-6-8-21)27-30-26(31-34-27)22-13-15-23(33-3)16-14-22/h4-16,25H,17H2,1-3H3,(H,29,35). The minimum Gasteiger partial charge on any atom is -0.497 e. The Morgan fingerprint density at radius 1 is 0.971 bits per heavy atom. The molecule has 1 atom stereocenters. The number of rotatable bonds is 6. The van der Waals surface area contributed by atoms with Crippen LogP contribution in [-0.4, -0.2) is 27.3 Å². The van der Waals surface area contributed by atoms with Crippen LogP contribution in [0, 0.1) is 6.92 Å². The van der Waals surface area contributed by atoms with Crippen LogP contribution >= 0.6 is 12.2 Å². The van der Waals surface area contributed by atoms with Gasteiger partial charge in [-0.05, 0) is 61.5 Å². The molecule has 1 aliphatic rings. The summed E-state index contributed by atoms with van der Waals surface area (Å²) in [6.45, 7) is 4.78. The fourth-order valence-electron chi connectivity index (χ4n) is 4.21. The Bertz CT molecular complexity index is 1360. The van der Waals surface area contributed by atoms with Crippen molar-refractivity contribution >= 4 is 22.9 Å². The van der Waals surface area contributed by atoms with Gasteiger partial charge in [0.25, 0.3) is 5.89 Å². The maximum Gasteiger partial charge on any atom is 0.258 e. The van der Waals surface area contributed by atoms with E-state index < -0.39 is 0 Å². The van der Waals surface area contributed by atoms with Crippen LogP contribution in [0.5, 0.6) is 5.75 Å². The fourth-order valence-corrected chi connectivity index (χ4v) is 4.53. The minimum absolute atomic E-state index is 0.206. The lowest BCUT2D eigenvalue weighted by atomic mass is 9.94. The molecule has 5 rings (SSSR count). The molecule has 3 aromatic carbocycles. The van der Waals surface area contributed by atoms with Gasteiger partial charge in [-0.3, -0.25) is 0 Å². The van der Waals surface area contributed by atoms with Crippen LogP contribution in [0.25, 0.3) is 17.0 Å². The molecule has 0 saturated heterocycles. The van der Waals surface area contributed by atoms with Gasteiger partial charge in [-0.25, -0.2) is 0 Å². The molecule has 0 saturated carbocycles. The molecule has 4 aromatic rings. The van der Waals surface area contributed by atoms with E-state index in [0.717, 1.165) is 28.1 Å². The van der Waals surface area contributed by atoms with Crippen molar-refractivity contribution < 1.29 is 9.26 Å². The van der Waals surface area contributed by atoms with E-state index in [1.807, 2.05) is 42.5 Å². The Balaban J connectivity index is 1.56. The Morgan fingerprint density at radius 2 is 1.69 bits per heavy atom. The molecular formula is C28H26N4O2S. The highest BCUT2D eigenvalue weighted by molar-refractivity contribution is 7.80. The summed E-state index contributed by atoms with van der Waals surface area (Å²) in [6, 6.07) is 26.1. The highest BCUT2D eigenvalue weighted by Crippen LogP contribution is 2.38. The van der Waals surface area contributed by atoms with E-state index in [2.05, 4.69) is 65.6 Å². The normalized spacial score (nSPS) is 15.8. The number of allylic oxidation sites excluding steroid dienone is 1. The summed E-state index contributed by atoms with van der Waals surface area (Å²) in [7, 11) is 1.64. The summed E-state index contributed by atoms with van der Waals surface area (Å²) < 4.78 is 11.1. The number of ether oxygens (including phenoxy) is 1. The zero-order chi connectivity index (χ0) is 24.4. The van der Waals surface area contributed by atoms with Crippen molar-refractivity contribution in [2.75, 3.05) is 7.11 Å². The SMILES string of the molecule is COc1ccc(-c2noc(C3=C(C)N(Cc4ccc(C)cc4)C(=S)NC3c3ccccc3)n2)cc1. The van der Waals surface area contributed by atoms with Crippen LogP contribution in [0.1, 0.15) is 35.5 Å². The Labute approximate surface area is 210 Å². The zero-order valence-corrected chi connectivity index (χ0v) is 20.7. The molecule has 1 unspecified atom stereocenters. The molecule has 176 valence electrons. The molecule has 0 spiro atoms. The summed E-state index contributed by atoms with van der Waals surface area (Å²) in [5.41, 5.74) is 6.20. The van der Waals surface area contributed by atoms with Crippen molar-refractivity contribution in [1.29, 1.82) is 0 Å². The van der Waals surface area contributed by atoms with E-state index in [1.165, 1.54) is 11.1 Å². The second-order valence-electron chi connectivity index (χ2n) is 8.52. The number of hydrogen-bond acceptors (Lipinski definition) is 5. The van der Waals surface area contributed by atoms with E-state index >= 15 is 0 Å². The number of methoxy groups -OCH3 is 1. The number of benzene rings is 3. The van der Waals surface area contributed by atoms with E-state index in [-0.39, 0.29) is 6.04 Å². The number of nitrogens with one attached hydrogen (secondary N) is 1. The number of aryl methyl sites for hydroxylation is 1. The van der Waals surface area contributed by atoms with Crippen molar-refractivity contribution in [2.24, 2.45) is 0 Å². The molecule has 2 heterocycles. The maximum atomic E-state index is 5.83. The van der Waals surface area contributed by atoms with Crippen molar-refractivity contribution in [3.05, 3.63) is 107 Å². The molecule has 0 radical (unpaired) electrons. The largest absolute Gasteiger partial charge is 0.497 e. The average molecular weight is 483 g/mol. The van der Waals surface area contributed by atoms with Gasteiger partial charge in [0, 0.05) is 17.8 Å². The van der Waals surface area contributed by atoms with E-state index in [0.29, 0.717) is 23.4 Å². The van der Waals surface area contributed by atoms with E-state index in [1.54, 1.807) is 7.11 Å². The van der Waals surface area contributed by atoms with Crippen LogP contribution < -0.4 is 10.1 Å². The monoisotopic (exact) mass is 482 g/mol. The van der Waals surface area contributed by atoms with Crippen molar-refractivity contribution in [3.63, 3.8) is 0 Å². The third-order valence-electron chi connectivity index (χ3n) is 6.20. The Morgan fingerprint density at radius 3 is 2.37 bits per heavy atom. The minimum atomic E-state index is -0.206. The van der Waals surface area contributed by atoms with Crippen LogP contribution in [0.2, 0.25) is 0 Å². The first kappa shape index (κ1) is 22.8. The summed E-state index contributed by atoms with van der Waals surface area (Å²) in [5, 5.41) is 8.45. The van der Waals surface area contributed by atoms with Crippen LogP contribution in [0.4, 0.5) is 0 Å². The smallest absolute Gasteiger partial charge is 0.258 e. The van der Waals surface area contributed by atoms with Gasteiger partial charge in [0.05, 0.1) is 18.7 Å². The number of hydrogen-bond donors (Lipinski definition) is 1. The lowest BCUT2D eigenvalue weighted by Gasteiger charge is -2.37. The molecule has 1 aliphatic heterocycles. The van der Waals surface area contributed by atoms with Gasteiger partial charge < -0.3 is 19.5 Å². The second-order valence-corrected chi connectivity index (χ2v) is 8.90. The molecule has 0 aliphatic carbocycles. The topological polar surface area (TPSA) is 63.4 Å². The number of aromatic nitrogens is 2. The predicted octanol–water partition coefficient (Wildman–Crippen LogP) is 5.92. The molecule has 1 aromatic heterocycles.